The fourth-order valence-corrected chi connectivity index (χ4v) is 4.57. The molecule has 0 unspecified atom stereocenters. The lowest BCUT2D eigenvalue weighted by Crippen LogP contribution is -2.56. The van der Waals surface area contributed by atoms with Gasteiger partial charge in [0.2, 0.25) is 0 Å². The Kier molecular flexibility index (Phi) is 4.72. The first-order chi connectivity index (χ1) is 13.8. The first kappa shape index (κ1) is 17.6. The quantitative estimate of drug-likeness (QED) is 0.808. The minimum absolute atomic E-state index is 0.208. The van der Waals surface area contributed by atoms with Crippen LogP contribution in [0.1, 0.15) is 30.4 Å². The highest BCUT2D eigenvalue weighted by molar-refractivity contribution is 5.75. The molecule has 6 nitrogen and oxygen atoms in total. The lowest BCUT2D eigenvalue weighted by molar-refractivity contribution is 0.0623. The molecule has 1 saturated carbocycles. The van der Waals surface area contributed by atoms with Crippen LogP contribution in [0.5, 0.6) is 0 Å². The van der Waals surface area contributed by atoms with Crippen molar-refractivity contribution < 1.29 is 4.79 Å². The maximum atomic E-state index is 13.0. The summed E-state index contributed by atoms with van der Waals surface area (Å²) in [5.41, 5.74) is 4.77. The van der Waals surface area contributed by atoms with E-state index in [2.05, 4.69) is 38.0 Å². The largest absolute Gasteiger partial charge is 0.322 e. The number of carbonyl (C=O) groups is 1. The molecule has 0 N–H and O–H groups in total. The monoisotopic (exact) mass is 377 g/mol. The van der Waals surface area contributed by atoms with Crippen LogP contribution in [0.25, 0.3) is 11.1 Å². The summed E-state index contributed by atoms with van der Waals surface area (Å²) in [6.45, 7) is 5.30. The van der Waals surface area contributed by atoms with E-state index in [1.54, 1.807) is 6.33 Å². The predicted octanol–water partition coefficient (Wildman–Crippen LogP) is 2.79. The average Bonchev–Trinajstić information content (AvgIpc) is 2.72. The number of urea groups is 1. The molecule has 3 heterocycles. The van der Waals surface area contributed by atoms with Gasteiger partial charge in [-0.3, -0.25) is 4.90 Å². The van der Waals surface area contributed by atoms with Gasteiger partial charge in [-0.1, -0.05) is 24.6 Å². The summed E-state index contributed by atoms with van der Waals surface area (Å²) in [6.07, 6.45) is 10.2. The number of hydrogen-bond donors (Lipinski definition) is 0. The zero-order chi connectivity index (χ0) is 18.9. The van der Waals surface area contributed by atoms with Gasteiger partial charge >= 0.3 is 6.03 Å². The number of rotatable bonds is 2. The van der Waals surface area contributed by atoms with Gasteiger partial charge in [-0.2, -0.15) is 0 Å². The van der Waals surface area contributed by atoms with E-state index in [4.69, 9.17) is 0 Å². The Bertz CT molecular complexity index is 843. The molecule has 2 amide bonds. The molecule has 3 aliphatic rings. The lowest BCUT2D eigenvalue weighted by Gasteiger charge is -2.44. The zero-order valence-electron chi connectivity index (χ0n) is 16.3. The second kappa shape index (κ2) is 7.51. The van der Waals surface area contributed by atoms with Crippen molar-refractivity contribution in [2.24, 2.45) is 0 Å². The van der Waals surface area contributed by atoms with Crippen LogP contribution in [0.2, 0.25) is 0 Å². The van der Waals surface area contributed by atoms with Gasteiger partial charge in [0.05, 0.1) is 0 Å². The lowest BCUT2D eigenvalue weighted by atomic mass is 9.91. The number of hydrogen-bond acceptors (Lipinski definition) is 4. The van der Waals surface area contributed by atoms with Crippen LogP contribution < -0.4 is 0 Å². The van der Waals surface area contributed by atoms with E-state index in [0.717, 1.165) is 56.3 Å². The number of fused-ring (bicyclic) bond motifs is 1. The third-order valence-electron chi connectivity index (χ3n) is 6.56. The van der Waals surface area contributed by atoms with E-state index in [-0.39, 0.29) is 6.03 Å². The molecule has 1 aliphatic carbocycles. The van der Waals surface area contributed by atoms with E-state index in [0.29, 0.717) is 6.54 Å². The van der Waals surface area contributed by atoms with Gasteiger partial charge in [-0.05, 0) is 36.0 Å². The second-order valence-electron chi connectivity index (χ2n) is 8.17. The first-order valence-corrected chi connectivity index (χ1v) is 10.4. The Morgan fingerprint density at radius 1 is 0.893 bits per heavy atom. The smallest absolute Gasteiger partial charge is 0.320 e. The summed E-state index contributed by atoms with van der Waals surface area (Å²) < 4.78 is 0. The molecule has 5 rings (SSSR count). The van der Waals surface area contributed by atoms with Gasteiger partial charge in [-0.15, -0.1) is 0 Å². The third kappa shape index (κ3) is 3.37. The normalized spacial score (nSPS) is 20.6. The van der Waals surface area contributed by atoms with Crippen molar-refractivity contribution in [2.75, 3.05) is 32.7 Å². The van der Waals surface area contributed by atoms with Gasteiger partial charge in [0.15, 0.2) is 0 Å². The Balaban J connectivity index is 1.23. The molecule has 1 aromatic heterocycles. The fraction of sp³-hybridized carbons (Fsp3) is 0.500. The van der Waals surface area contributed by atoms with Crippen molar-refractivity contribution in [1.82, 2.24) is 24.7 Å². The number of piperazine rings is 1. The van der Waals surface area contributed by atoms with E-state index >= 15 is 0 Å². The highest BCUT2D eigenvalue weighted by Crippen LogP contribution is 2.28. The van der Waals surface area contributed by atoms with E-state index in [1.165, 1.54) is 30.4 Å². The van der Waals surface area contributed by atoms with E-state index in [1.807, 2.05) is 17.3 Å². The van der Waals surface area contributed by atoms with Gasteiger partial charge in [0.25, 0.3) is 0 Å². The van der Waals surface area contributed by atoms with E-state index < -0.39 is 0 Å². The summed E-state index contributed by atoms with van der Waals surface area (Å²) in [6, 6.07) is 7.49. The number of carbonyl (C=O) groups excluding carboxylic acids is 1. The Hall–Kier alpha value is -2.47. The summed E-state index contributed by atoms with van der Waals surface area (Å²) in [4.78, 5) is 27.9. The molecule has 2 fully saturated rings. The maximum Gasteiger partial charge on any atom is 0.320 e. The van der Waals surface area contributed by atoms with Crippen LogP contribution in [0.15, 0.2) is 36.9 Å². The zero-order valence-corrected chi connectivity index (χ0v) is 16.3. The Morgan fingerprint density at radius 3 is 2.39 bits per heavy atom. The Morgan fingerprint density at radius 2 is 1.68 bits per heavy atom. The minimum atomic E-state index is 0.208. The molecule has 146 valence electrons. The SMILES string of the molecule is O=C(N1CCN(C2CCC2)CC1)N1CCc2cc(-c3cncnc3)ccc2C1. The van der Waals surface area contributed by atoms with Crippen LogP contribution in [0.3, 0.4) is 0 Å². The molecule has 6 heteroatoms. The first-order valence-electron chi connectivity index (χ1n) is 10.4. The maximum absolute atomic E-state index is 13.0. The van der Waals surface area contributed by atoms with Crippen LogP contribution in [-0.4, -0.2) is 69.5 Å². The predicted molar refractivity (Wildman–Crippen MR) is 108 cm³/mol. The van der Waals surface area contributed by atoms with Crippen LogP contribution >= 0.6 is 0 Å². The van der Waals surface area contributed by atoms with Crippen LogP contribution in [0, 0.1) is 0 Å². The van der Waals surface area contributed by atoms with Crippen molar-refractivity contribution >= 4 is 6.03 Å². The molecule has 0 radical (unpaired) electrons. The average molecular weight is 377 g/mol. The molecular formula is C22H27N5O. The van der Waals surface area contributed by atoms with Crippen molar-refractivity contribution in [3.05, 3.63) is 48.0 Å². The van der Waals surface area contributed by atoms with Crippen LogP contribution in [0.4, 0.5) is 4.79 Å². The van der Waals surface area contributed by atoms with Gasteiger partial charge in [0.1, 0.15) is 6.33 Å². The highest BCUT2D eigenvalue weighted by atomic mass is 16.2. The molecule has 2 aliphatic heterocycles. The summed E-state index contributed by atoms with van der Waals surface area (Å²) in [7, 11) is 0. The molecule has 0 bridgehead atoms. The fourth-order valence-electron chi connectivity index (χ4n) is 4.57. The van der Waals surface area contributed by atoms with Gasteiger partial charge < -0.3 is 9.80 Å². The molecular weight excluding hydrogens is 350 g/mol. The second-order valence-corrected chi connectivity index (χ2v) is 8.17. The van der Waals surface area contributed by atoms with Crippen molar-refractivity contribution in [3.8, 4) is 11.1 Å². The number of aromatic nitrogens is 2. The third-order valence-corrected chi connectivity index (χ3v) is 6.56. The summed E-state index contributed by atoms with van der Waals surface area (Å²) in [5, 5.41) is 0. The Labute approximate surface area is 166 Å². The summed E-state index contributed by atoms with van der Waals surface area (Å²) >= 11 is 0. The molecule has 0 atom stereocenters. The van der Waals surface area contributed by atoms with E-state index in [9.17, 15) is 4.79 Å². The van der Waals surface area contributed by atoms with Crippen molar-refractivity contribution in [2.45, 2.75) is 38.3 Å². The molecule has 1 saturated heterocycles. The number of amides is 2. The van der Waals surface area contributed by atoms with Gasteiger partial charge in [-0.25, -0.2) is 14.8 Å². The standard InChI is InChI=1S/C22H27N5O/c28-22(26-10-8-25(9-11-26)21-2-1-3-21)27-7-6-18-12-17(4-5-19(18)15-27)20-13-23-16-24-14-20/h4-5,12-14,16,21H,1-3,6-11,15H2. The molecule has 28 heavy (non-hydrogen) atoms. The summed E-state index contributed by atoms with van der Waals surface area (Å²) in [5.74, 6) is 0. The molecule has 2 aromatic rings. The van der Waals surface area contributed by atoms with Gasteiger partial charge in [0, 0.05) is 63.3 Å². The topological polar surface area (TPSA) is 52.6 Å². The van der Waals surface area contributed by atoms with Crippen molar-refractivity contribution in [1.29, 1.82) is 0 Å². The van der Waals surface area contributed by atoms with Crippen molar-refractivity contribution in [3.63, 3.8) is 0 Å². The highest BCUT2D eigenvalue weighted by Gasteiger charge is 2.31. The molecule has 0 spiro atoms. The minimum Gasteiger partial charge on any atom is -0.322 e. The molecule has 1 aromatic carbocycles. The number of nitrogens with zero attached hydrogens (tertiary/aromatic N) is 5. The van der Waals surface area contributed by atoms with Crippen LogP contribution in [-0.2, 0) is 13.0 Å². The number of benzene rings is 1.